The number of halogens is 2. The Kier molecular flexibility index (Phi) is 7.21. The van der Waals surface area contributed by atoms with E-state index in [1.807, 2.05) is 13.0 Å². The third-order valence-electron chi connectivity index (χ3n) is 8.71. The molecule has 3 aromatic rings. The Morgan fingerprint density at radius 3 is 2.59 bits per heavy atom. The van der Waals surface area contributed by atoms with Gasteiger partial charge < -0.3 is 9.80 Å². The van der Waals surface area contributed by atoms with Crippen LogP contribution in [0, 0.1) is 23.2 Å². The summed E-state index contributed by atoms with van der Waals surface area (Å²) in [5.74, 6) is 2.61. The van der Waals surface area contributed by atoms with Crippen molar-refractivity contribution in [1.82, 2.24) is 24.6 Å². The first-order chi connectivity index (χ1) is 18.7. The highest BCUT2D eigenvalue weighted by Crippen LogP contribution is 2.36. The predicted molar refractivity (Wildman–Crippen MR) is 152 cm³/mol. The van der Waals surface area contributed by atoms with Gasteiger partial charge >= 0.3 is 0 Å². The minimum absolute atomic E-state index is 0.236. The van der Waals surface area contributed by atoms with Gasteiger partial charge in [-0.05, 0) is 68.7 Å². The molecule has 0 saturated carbocycles. The van der Waals surface area contributed by atoms with Crippen molar-refractivity contribution in [2.45, 2.75) is 44.7 Å². The van der Waals surface area contributed by atoms with Crippen LogP contribution < -0.4 is 4.90 Å². The van der Waals surface area contributed by atoms with Crippen molar-refractivity contribution >= 4 is 50.0 Å². The number of sulfone groups is 1. The van der Waals surface area contributed by atoms with Gasteiger partial charge in [0.25, 0.3) is 0 Å². The Balaban J connectivity index is 1.17. The summed E-state index contributed by atoms with van der Waals surface area (Å²) in [6, 6.07) is 7.62. The van der Waals surface area contributed by atoms with Gasteiger partial charge in [-0.2, -0.15) is 10.4 Å². The molecule has 3 aliphatic heterocycles. The smallest absolute Gasteiger partial charge is 0.190 e. The van der Waals surface area contributed by atoms with E-state index in [1.54, 1.807) is 23.0 Å². The lowest BCUT2D eigenvalue weighted by Gasteiger charge is -2.48. The van der Waals surface area contributed by atoms with Crippen molar-refractivity contribution in [2.75, 3.05) is 42.6 Å². The fourth-order valence-electron chi connectivity index (χ4n) is 6.37. The maximum Gasteiger partial charge on any atom is 0.190 e. The van der Waals surface area contributed by atoms with Gasteiger partial charge in [0.05, 0.1) is 23.7 Å². The number of hydrogen-bond acceptors (Lipinski definition) is 8. The van der Waals surface area contributed by atoms with Crippen LogP contribution in [0.25, 0.3) is 11.2 Å². The Morgan fingerprint density at radius 1 is 1.10 bits per heavy atom. The number of piperidine rings is 1. The molecule has 0 N–H and O–H groups in total. The molecule has 0 spiro atoms. The second-order valence-corrected chi connectivity index (χ2v) is 14.2. The Bertz CT molecular complexity index is 1530. The summed E-state index contributed by atoms with van der Waals surface area (Å²) in [4.78, 5) is 14.3. The quantitative estimate of drug-likeness (QED) is 0.433. The van der Waals surface area contributed by atoms with Gasteiger partial charge in [0.1, 0.15) is 27.2 Å². The number of hydrogen-bond donors (Lipinski definition) is 0. The lowest BCUT2D eigenvalue weighted by molar-refractivity contribution is 0.0798. The number of likely N-dealkylation sites (tertiary alicyclic amines) is 1. The van der Waals surface area contributed by atoms with Gasteiger partial charge in [-0.15, -0.1) is 0 Å². The molecule has 206 valence electrons. The lowest BCUT2D eigenvalue weighted by atomic mass is 9.80. The number of aromatic nitrogens is 4. The summed E-state index contributed by atoms with van der Waals surface area (Å²) in [5.41, 5.74) is 2.11. The highest BCUT2D eigenvalue weighted by Gasteiger charge is 2.39. The molecule has 0 bridgehead atoms. The van der Waals surface area contributed by atoms with Gasteiger partial charge in [-0.3, -0.25) is 0 Å². The molecule has 0 radical (unpaired) electrons. The minimum Gasteiger partial charge on any atom is -0.355 e. The molecule has 3 fully saturated rings. The standard InChI is InChI=1S/C27H31Cl2N7O2S/c1-17(22-5-4-20(28)11-23(22)29)36-27-26(24(12-30)33-36)31-13-25(32-27)35-15-19(16-35)18-3-2-8-34(14-18)21-6-9-39(37,38)10-7-21/h4-5,11,13,17-19,21H,2-3,6-10,14-16H2,1H3/t17-,18-/m1/s1. The molecular weight excluding hydrogens is 557 g/mol. The van der Waals surface area contributed by atoms with E-state index in [1.165, 1.54) is 6.42 Å². The zero-order valence-electron chi connectivity index (χ0n) is 21.8. The van der Waals surface area contributed by atoms with Crippen molar-refractivity contribution < 1.29 is 8.42 Å². The van der Waals surface area contributed by atoms with Crippen LogP contribution in [0.15, 0.2) is 24.4 Å². The van der Waals surface area contributed by atoms with E-state index in [4.69, 9.17) is 28.2 Å². The fraction of sp³-hybridized carbons (Fsp3) is 0.556. The number of nitrogens with zero attached hydrogens (tertiary/aromatic N) is 7. The topological polar surface area (TPSA) is 108 Å². The van der Waals surface area contributed by atoms with Crippen LogP contribution in [-0.2, 0) is 9.84 Å². The molecule has 9 nitrogen and oxygen atoms in total. The monoisotopic (exact) mass is 587 g/mol. The summed E-state index contributed by atoms with van der Waals surface area (Å²) in [7, 11) is -2.84. The van der Waals surface area contributed by atoms with Gasteiger partial charge in [-0.1, -0.05) is 29.3 Å². The van der Waals surface area contributed by atoms with Crippen molar-refractivity contribution in [3.05, 3.63) is 45.7 Å². The highest BCUT2D eigenvalue weighted by molar-refractivity contribution is 7.91. The molecule has 6 rings (SSSR count). The second kappa shape index (κ2) is 10.5. The molecule has 3 aliphatic rings. The summed E-state index contributed by atoms with van der Waals surface area (Å²) in [5, 5.41) is 15.3. The maximum atomic E-state index is 11.9. The zero-order valence-corrected chi connectivity index (χ0v) is 24.1. The second-order valence-electron chi connectivity index (χ2n) is 11.1. The number of anilines is 1. The largest absolute Gasteiger partial charge is 0.355 e. The molecule has 2 atom stereocenters. The van der Waals surface area contributed by atoms with Gasteiger partial charge in [0, 0.05) is 35.7 Å². The molecule has 2 aromatic heterocycles. The van der Waals surface area contributed by atoms with Crippen LogP contribution in [0.1, 0.15) is 49.9 Å². The third kappa shape index (κ3) is 5.22. The normalized spacial score (nSPS) is 23.4. The van der Waals surface area contributed by atoms with Gasteiger partial charge in [-0.25, -0.2) is 23.1 Å². The molecule has 39 heavy (non-hydrogen) atoms. The first-order valence-corrected chi connectivity index (χ1v) is 16.1. The minimum atomic E-state index is -2.84. The molecule has 0 amide bonds. The fourth-order valence-corrected chi connectivity index (χ4v) is 8.40. The van der Waals surface area contributed by atoms with E-state index in [0.29, 0.717) is 50.6 Å². The van der Waals surface area contributed by atoms with Gasteiger partial charge in [0.2, 0.25) is 0 Å². The average Bonchev–Trinajstić information content (AvgIpc) is 3.26. The maximum absolute atomic E-state index is 11.9. The van der Waals surface area contributed by atoms with E-state index in [0.717, 1.165) is 56.8 Å². The molecular formula is C27H31Cl2N7O2S. The molecule has 3 saturated heterocycles. The number of nitriles is 1. The first kappa shape index (κ1) is 26.8. The summed E-state index contributed by atoms with van der Waals surface area (Å²) >= 11 is 12.6. The van der Waals surface area contributed by atoms with Crippen LogP contribution in [0.4, 0.5) is 5.82 Å². The summed E-state index contributed by atoms with van der Waals surface area (Å²) in [6.45, 7) is 5.91. The summed E-state index contributed by atoms with van der Waals surface area (Å²) in [6.07, 6.45) is 5.64. The number of fused-ring (bicyclic) bond motifs is 1. The zero-order chi connectivity index (χ0) is 27.3. The van der Waals surface area contributed by atoms with E-state index in [2.05, 4.69) is 26.0 Å². The van der Waals surface area contributed by atoms with Crippen molar-refractivity contribution in [1.29, 1.82) is 5.26 Å². The summed E-state index contributed by atoms with van der Waals surface area (Å²) < 4.78 is 25.5. The Hall–Kier alpha value is -2.45. The van der Waals surface area contributed by atoms with E-state index in [9.17, 15) is 13.7 Å². The average molecular weight is 589 g/mol. The van der Waals surface area contributed by atoms with Crippen molar-refractivity contribution in [2.24, 2.45) is 11.8 Å². The lowest BCUT2D eigenvalue weighted by Crippen LogP contribution is -2.55. The van der Waals surface area contributed by atoms with Gasteiger partial charge in [0.15, 0.2) is 11.3 Å². The van der Waals surface area contributed by atoms with Crippen LogP contribution in [0.5, 0.6) is 0 Å². The third-order valence-corrected chi connectivity index (χ3v) is 11.0. The Morgan fingerprint density at radius 2 is 1.87 bits per heavy atom. The van der Waals surface area contributed by atoms with Crippen LogP contribution in [0.2, 0.25) is 10.0 Å². The SMILES string of the molecule is C[C@H](c1ccc(Cl)cc1Cl)n1nc(C#N)c2ncc(N3CC([C@@H]4CCCN(C5CCS(=O)(=O)CC5)C4)C3)nc21. The molecule has 1 aromatic carbocycles. The number of benzene rings is 1. The van der Waals surface area contributed by atoms with E-state index >= 15 is 0 Å². The highest BCUT2D eigenvalue weighted by atomic mass is 35.5. The van der Waals surface area contributed by atoms with E-state index in [-0.39, 0.29) is 11.7 Å². The predicted octanol–water partition coefficient (Wildman–Crippen LogP) is 4.34. The number of rotatable bonds is 5. The molecule has 0 unspecified atom stereocenters. The van der Waals surface area contributed by atoms with E-state index < -0.39 is 9.84 Å². The van der Waals surface area contributed by atoms with Crippen LogP contribution >= 0.6 is 23.2 Å². The van der Waals surface area contributed by atoms with Crippen molar-refractivity contribution in [3.63, 3.8) is 0 Å². The van der Waals surface area contributed by atoms with Crippen LogP contribution in [-0.4, -0.2) is 76.8 Å². The van der Waals surface area contributed by atoms with Crippen LogP contribution in [0.3, 0.4) is 0 Å². The molecule has 0 aliphatic carbocycles. The first-order valence-electron chi connectivity index (χ1n) is 13.5. The Labute approximate surface area is 238 Å². The molecule has 5 heterocycles. The molecule has 12 heteroatoms. The van der Waals surface area contributed by atoms with Crippen molar-refractivity contribution in [3.8, 4) is 6.07 Å².